The molecule has 0 amide bonds. The van der Waals surface area contributed by atoms with E-state index in [0.29, 0.717) is 18.7 Å². The molecular weight excluding hydrogens is 262 g/mol. The van der Waals surface area contributed by atoms with Gasteiger partial charge < -0.3 is 9.67 Å². The molecule has 0 aliphatic heterocycles. The fourth-order valence-electron chi connectivity index (χ4n) is 1.42. The van der Waals surface area contributed by atoms with Crippen LogP contribution in [0.4, 0.5) is 0 Å². The van der Waals surface area contributed by atoms with E-state index in [0.717, 1.165) is 16.5 Å². The summed E-state index contributed by atoms with van der Waals surface area (Å²) >= 11 is 3.33. The molecule has 0 atom stereocenters. The second kappa shape index (κ2) is 5.11. The standard InChI is InChI=1S/C10H12BrNO3/c1-7-9(11)5-8(6-13)12(7)4-2-3-10(14)15/h5-6H,2-4H2,1H3,(H,14,15). The number of carboxylic acids is 1. The second-order valence-corrected chi connectivity index (χ2v) is 4.12. The SMILES string of the molecule is Cc1c(Br)cc(C=O)n1CCCC(=O)O. The van der Waals surface area contributed by atoms with Gasteiger partial charge in [-0.3, -0.25) is 9.59 Å². The number of aldehydes is 1. The highest BCUT2D eigenvalue weighted by Crippen LogP contribution is 2.20. The molecule has 4 nitrogen and oxygen atoms in total. The first kappa shape index (κ1) is 12.0. The number of carboxylic acid groups (broad SMARTS) is 1. The van der Waals surface area contributed by atoms with Crippen molar-refractivity contribution in [1.29, 1.82) is 0 Å². The summed E-state index contributed by atoms with van der Waals surface area (Å²) in [5.41, 5.74) is 1.52. The maximum Gasteiger partial charge on any atom is 0.303 e. The lowest BCUT2D eigenvalue weighted by molar-refractivity contribution is -0.137. The average molecular weight is 274 g/mol. The summed E-state index contributed by atoms with van der Waals surface area (Å²) in [6, 6.07) is 1.74. The van der Waals surface area contributed by atoms with Crippen LogP contribution in [0.25, 0.3) is 0 Å². The fraction of sp³-hybridized carbons (Fsp3) is 0.400. The molecule has 0 saturated carbocycles. The summed E-state index contributed by atoms with van der Waals surface area (Å²) in [4.78, 5) is 21.1. The lowest BCUT2D eigenvalue weighted by Crippen LogP contribution is -2.06. The van der Waals surface area contributed by atoms with Gasteiger partial charge in [-0.05, 0) is 35.3 Å². The number of carbonyl (C=O) groups excluding carboxylic acids is 1. The molecule has 0 fully saturated rings. The minimum atomic E-state index is -0.813. The van der Waals surface area contributed by atoms with E-state index in [1.54, 1.807) is 6.07 Å². The van der Waals surface area contributed by atoms with Crippen molar-refractivity contribution in [3.05, 3.63) is 21.9 Å². The van der Waals surface area contributed by atoms with E-state index in [9.17, 15) is 9.59 Å². The highest BCUT2D eigenvalue weighted by molar-refractivity contribution is 9.10. The number of carbonyl (C=O) groups is 2. The molecule has 0 radical (unpaired) electrons. The van der Waals surface area contributed by atoms with Crippen LogP contribution in [0.2, 0.25) is 0 Å². The maximum atomic E-state index is 10.7. The van der Waals surface area contributed by atoms with Gasteiger partial charge in [-0.2, -0.15) is 0 Å². The Hall–Kier alpha value is -1.10. The van der Waals surface area contributed by atoms with Gasteiger partial charge in [0, 0.05) is 23.1 Å². The quantitative estimate of drug-likeness (QED) is 0.837. The van der Waals surface area contributed by atoms with Crippen LogP contribution in [-0.4, -0.2) is 21.9 Å². The smallest absolute Gasteiger partial charge is 0.303 e. The van der Waals surface area contributed by atoms with E-state index in [2.05, 4.69) is 15.9 Å². The molecule has 0 bridgehead atoms. The molecule has 1 aromatic heterocycles. The number of aliphatic carboxylic acids is 1. The topological polar surface area (TPSA) is 59.3 Å². The first-order valence-electron chi connectivity index (χ1n) is 4.59. The molecule has 0 aliphatic carbocycles. The van der Waals surface area contributed by atoms with Gasteiger partial charge in [-0.25, -0.2) is 0 Å². The number of nitrogens with zero attached hydrogens (tertiary/aromatic N) is 1. The van der Waals surface area contributed by atoms with Gasteiger partial charge in [-0.1, -0.05) is 0 Å². The Morgan fingerprint density at radius 2 is 2.33 bits per heavy atom. The molecule has 82 valence electrons. The largest absolute Gasteiger partial charge is 0.481 e. The Balaban J connectivity index is 2.74. The van der Waals surface area contributed by atoms with Crippen LogP contribution in [0.3, 0.4) is 0 Å². The average Bonchev–Trinajstić information content (AvgIpc) is 2.44. The van der Waals surface area contributed by atoms with Crippen molar-refractivity contribution in [1.82, 2.24) is 4.57 Å². The minimum Gasteiger partial charge on any atom is -0.481 e. The fourth-order valence-corrected chi connectivity index (χ4v) is 1.87. The predicted molar refractivity (Wildman–Crippen MR) is 59.1 cm³/mol. The zero-order chi connectivity index (χ0) is 11.4. The van der Waals surface area contributed by atoms with Gasteiger partial charge in [0.05, 0.1) is 5.69 Å². The van der Waals surface area contributed by atoms with E-state index in [-0.39, 0.29) is 6.42 Å². The van der Waals surface area contributed by atoms with Gasteiger partial charge in [0.2, 0.25) is 0 Å². The Morgan fingerprint density at radius 1 is 1.67 bits per heavy atom. The van der Waals surface area contributed by atoms with E-state index in [1.807, 2.05) is 11.5 Å². The molecule has 0 aliphatic rings. The monoisotopic (exact) mass is 273 g/mol. The van der Waals surface area contributed by atoms with E-state index < -0.39 is 5.97 Å². The zero-order valence-electron chi connectivity index (χ0n) is 8.36. The number of hydrogen-bond donors (Lipinski definition) is 1. The summed E-state index contributed by atoms with van der Waals surface area (Å²) in [5, 5.41) is 8.50. The highest BCUT2D eigenvalue weighted by Gasteiger charge is 2.09. The molecule has 0 unspecified atom stereocenters. The van der Waals surface area contributed by atoms with Gasteiger partial charge >= 0.3 is 5.97 Å². The molecule has 0 spiro atoms. The van der Waals surface area contributed by atoms with Crippen molar-refractivity contribution in [2.24, 2.45) is 0 Å². The Morgan fingerprint density at radius 3 is 2.87 bits per heavy atom. The van der Waals surface area contributed by atoms with Crippen LogP contribution >= 0.6 is 15.9 Å². The second-order valence-electron chi connectivity index (χ2n) is 3.27. The lowest BCUT2D eigenvalue weighted by Gasteiger charge is -2.07. The maximum absolute atomic E-state index is 10.7. The first-order valence-corrected chi connectivity index (χ1v) is 5.38. The Kier molecular flexibility index (Phi) is 4.08. The van der Waals surface area contributed by atoms with Crippen LogP contribution in [0, 0.1) is 6.92 Å². The van der Waals surface area contributed by atoms with Crippen molar-refractivity contribution >= 4 is 28.2 Å². The molecule has 1 heterocycles. The van der Waals surface area contributed by atoms with Crippen LogP contribution in [0.15, 0.2) is 10.5 Å². The van der Waals surface area contributed by atoms with Gasteiger partial charge in [0.15, 0.2) is 6.29 Å². The molecule has 15 heavy (non-hydrogen) atoms. The molecule has 0 aromatic carbocycles. The number of hydrogen-bond acceptors (Lipinski definition) is 2. The van der Waals surface area contributed by atoms with E-state index >= 15 is 0 Å². The highest BCUT2D eigenvalue weighted by atomic mass is 79.9. The predicted octanol–water partition coefficient (Wildman–Crippen LogP) is 2.24. The van der Waals surface area contributed by atoms with E-state index in [1.165, 1.54) is 0 Å². The van der Waals surface area contributed by atoms with Crippen LogP contribution in [-0.2, 0) is 11.3 Å². The first-order chi connectivity index (χ1) is 7.06. The molecule has 1 N–H and O–H groups in total. The van der Waals surface area contributed by atoms with Crippen molar-refractivity contribution in [2.75, 3.05) is 0 Å². The summed E-state index contributed by atoms with van der Waals surface area (Å²) in [6.45, 7) is 2.44. The molecular formula is C10H12BrNO3. The van der Waals surface area contributed by atoms with Crippen molar-refractivity contribution in [3.63, 3.8) is 0 Å². The molecule has 0 saturated heterocycles. The summed E-state index contributed by atoms with van der Waals surface area (Å²) in [6.07, 6.45) is 1.42. The third kappa shape index (κ3) is 2.92. The van der Waals surface area contributed by atoms with Crippen molar-refractivity contribution in [2.45, 2.75) is 26.3 Å². The summed E-state index contributed by atoms with van der Waals surface area (Å²) < 4.78 is 2.69. The number of halogens is 1. The van der Waals surface area contributed by atoms with Gasteiger partial charge in [-0.15, -0.1) is 0 Å². The van der Waals surface area contributed by atoms with Gasteiger partial charge in [0.25, 0.3) is 0 Å². The molecule has 5 heteroatoms. The van der Waals surface area contributed by atoms with Gasteiger partial charge in [0.1, 0.15) is 0 Å². The Labute approximate surface area is 96.0 Å². The lowest BCUT2D eigenvalue weighted by atomic mass is 10.3. The number of rotatable bonds is 5. The zero-order valence-corrected chi connectivity index (χ0v) is 9.95. The van der Waals surface area contributed by atoms with Crippen LogP contribution < -0.4 is 0 Å². The van der Waals surface area contributed by atoms with E-state index in [4.69, 9.17) is 5.11 Å². The van der Waals surface area contributed by atoms with Crippen LogP contribution in [0.5, 0.6) is 0 Å². The van der Waals surface area contributed by atoms with Crippen LogP contribution in [0.1, 0.15) is 29.0 Å². The third-order valence-electron chi connectivity index (χ3n) is 2.23. The summed E-state index contributed by atoms with van der Waals surface area (Å²) in [5.74, 6) is -0.813. The Bertz CT molecular complexity index is 384. The number of aromatic nitrogens is 1. The van der Waals surface area contributed by atoms with Crippen molar-refractivity contribution in [3.8, 4) is 0 Å². The van der Waals surface area contributed by atoms with Crippen molar-refractivity contribution < 1.29 is 14.7 Å². The summed E-state index contributed by atoms with van der Waals surface area (Å²) in [7, 11) is 0. The third-order valence-corrected chi connectivity index (χ3v) is 3.03. The normalized spacial score (nSPS) is 10.3. The molecule has 1 rings (SSSR count). The minimum absolute atomic E-state index is 0.119. The molecule has 1 aromatic rings.